The standard InChI is InChI=1S/C31H40N4O3/c1-20(2)19-25(23(28(32)36)18-17-21-11-7-8-12-21)30(37)34-29-31(38)35(3)26-16-10-9-15-24(26)27(33-29)22-13-5-4-6-14-22/h4-6,9-10,13-16,20-21,23,25,29H,7-8,11-12,17-19H2,1-3H3,(H2,32,36)(H,34,37)/t23-,25+,29+/m0/s1. The maximum Gasteiger partial charge on any atom is 0.272 e. The molecule has 0 saturated heterocycles. The monoisotopic (exact) mass is 516 g/mol. The van der Waals surface area contributed by atoms with Crippen LogP contribution in [0.25, 0.3) is 0 Å². The lowest BCUT2D eigenvalue weighted by molar-refractivity contribution is -0.136. The quantitative estimate of drug-likeness (QED) is 0.479. The van der Waals surface area contributed by atoms with Gasteiger partial charge in [-0.05, 0) is 37.2 Å². The molecular formula is C31H40N4O3. The predicted molar refractivity (Wildman–Crippen MR) is 151 cm³/mol. The fourth-order valence-electron chi connectivity index (χ4n) is 5.90. The number of benzene rings is 2. The number of nitrogens with one attached hydrogen (secondary N) is 1. The zero-order valence-electron chi connectivity index (χ0n) is 22.7. The minimum Gasteiger partial charge on any atom is -0.369 e. The van der Waals surface area contributed by atoms with Gasteiger partial charge in [-0.15, -0.1) is 0 Å². The lowest BCUT2D eigenvalue weighted by atomic mass is 9.80. The third-order valence-corrected chi connectivity index (χ3v) is 7.94. The summed E-state index contributed by atoms with van der Waals surface area (Å²) in [5, 5.41) is 2.92. The number of rotatable bonds is 10. The number of fused-ring (bicyclic) bond motifs is 1. The SMILES string of the molecule is CC(C)C[C@@H](C(=O)N[C@H]1N=C(c2ccccc2)c2ccccc2N(C)C1=O)[C@H](CCC1CCCC1)C(N)=O. The van der Waals surface area contributed by atoms with Crippen molar-refractivity contribution in [1.82, 2.24) is 5.32 Å². The van der Waals surface area contributed by atoms with E-state index < -0.39 is 23.9 Å². The van der Waals surface area contributed by atoms with Gasteiger partial charge in [-0.1, -0.05) is 88.1 Å². The first-order valence-electron chi connectivity index (χ1n) is 13.9. The smallest absolute Gasteiger partial charge is 0.272 e. The Hall–Kier alpha value is -3.48. The fourth-order valence-corrected chi connectivity index (χ4v) is 5.90. The molecule has 0 radical (unpaired) electrons. The van der Waals surface area contributed by atoms with E-state index in [9.17, 15) is 14.4 Å². The molecule has 7 nitrogen and oxygen atoms in total. The van der Waals surface area contributed by atoms with Gasteiger partial charge in [0.1, 0.15) is 0 Å². The molecule has 1 aliphatic heterocycles. The van der Waals surface area contributed by atoms with Crippen molar-refractivity contribution in [2.24, 2.45) is 34.4 Å². The van der Waals surface area contributed by atoms with E-state index in [1.807, 2.05) is 68.4 Å². The summed E-state index contributed by atoms with van der Waals surface area (Å²) in [5.41, 5.74) is 8.91. The second-order valence-corrected chi connectivity index (χ2v) is 11.1. The molecule has 1 aliphatic carbocycles. The Balaban J connectivity index is 1.64. The second kappa shape index (κ2) is 12.4. The van der Waals surface area contributed by atoms with Crippen LogP contribution >= 0.6 is 0 Å². The highest BCUT2D eigenvalue weighted by atomic mass is 16.2. The zero-order chi connectivity index (χ0) is 27.2. The summed E-state index contributed by atoms with van der Waals surface area (Å²) in [6.07, 6.45) is 5.68. The number of benzodiazepines with no additional fused rings is 1. The van der Waals surface area contributed by atoms with Crippen LogP contribution in [0.3, 0.4) is 0 Å². The maximum absolute atomic E-state index is 13.8. The lowest BCUT2D eigenvalue weighted by Gasteiger charge is -2.28. The Kier molecular flexibility index (Phi) is 8.97. The number of carbonyl (C=O) groups is 3. The van der Waals surface area contributed by atoms with Crippen molar-refractivity contribution in [1.29, 1.82) is 0 Å². The van der Waals surface area contributed by atoms with E-state index in [1.165, 1.54) is 25.7 Å². The Morgan fingerprint density at radius 3 is 2.34 bits per heavy atom. The van der Waals surface area contributed by atoms with Gasteiger partial charge in [0, 0.05) is 30.0 Å². The fraction of sp³-hybridized carbons (Fsp3) is 0.484. The minimum absolute atomic E-state index is 0.180. The molecule has 202 valence electrons. The number of primary amides is 1. The largest absolute Gasteiger partial charge is 0.369 e. The van der Waals surface area contributed by atoms with Crippen LogP contribution in [-0.4, -0.2) is 36.6 Å². The zero-order valence-corrected chi connectivity index (χ0v) is 22.7. The first kappa shape index (κ1) is 27.6. The van der Waals surface area contributed by atoms with Gasteiger partial charge in [0.15, 0.2) is 0 Å². The molecule has 3 N–H and O–H groups in total. The summed E-state index contributed by atoms with van der Waals surface area (Å²) in [6.45, 7) is 4.06. The topological polar surface area (TPSA) is 105 Å². The molecule has 3 atom stereocenters. The molecule has 1 saturated carbocycles. The minimum atomic E-state index is -1.12. The predicted octanol–water partition coefficient (Wildman–Crippen LogP) is 4.68. The molecule has 38 heavy (non-hydrogen) atoms. The number of hydrogen-bond acceptors (Lipinski definition) is 4. The number of hydrogen-bond donors (Lipinski definition) is 2. The summed E-state index contributed by atoms with van der Waals surface area (Å²) in [5.74, 6) is -1.55. The van der Waals surface area contributed by atoms with Gasteiger partial charge < -0.3 is 16.0 Å². The lowest BCUT2D eigenvalue weighted by Crippen LogP contribution is -2.50. The van der Waals surface area contributed by atoms with Crippen LogP contribution in [0.15, 0.2) is 59.6 Å². The molecule has 3 amide bonds. The summed E-state index contributed by atoms with van der Waals surface area (Å²) in [7, 11) is 1.70. The van der Waals surface area contributed by atoms with Crippen molar-refractivity contribution in [3.8, 4) is 0 Å². The Morgan fingerprint density at radius 1 is 1.03 bits per heavy atom. The highest BCUT2D eigenvalue weighted by Gasteiger charge is 2.37. The Bertz CT molecular complexity index is 1170. The van der Waals surface area contributed by atoms with E-state index in [2.05, 4.69) is 5.32 Å². The number of carbonyl (C=O) groups excluding carboxylic acids is 3. The van der Waals surface area contributed by atoms with E-state index in [1.54, 1.807) is 11.9 Å². The second-order valence-electron chi connectivity index (χ2n) is 11.1. The van der Waals surface area contributed by atoms with Gasteiger partial charge >= 0.3 is 0 Å². The number of amides is 3. The van der Waals surface area contributed by atoms with Gasteiger partial charge in [-0.3, -0.25) is 14.4 Å². The first-order valence-corrected chi connectivity index (χ1v) is 13.9. The summed E-state index contributed by atoms with van der Waals surface area (Å²) < 4.78 is 0. The molecule has 4 rings (SSSR count). The van der Waals surface area contributed by atoms with Gasteiger partial charge in [-0.2, -0.15) is 0 Å². The van der Waals surface area contributed by atoms with Gasteiger partial charge in [0.25, 0.3) is 5.91 Å². The van der Waals surface area contributed by atoms with E-state index >= 15 is 0 Å². The highest BCUT2D eigenvalue weighted by Crippen LogP contribution is 2.33. The number of aliphatic imine (C=N–C) groups is 1. The molecular weight excluding hydrogens is 476 g/mol. The van der Waals surface area contributed by atoms with Crippen LogP contribution in [0.4, 0.5) is 5.69 Å². The summed E-state index contributed by atoms with van der Waals surface area (Å²) in [6, 6.07) is 17.3. The Labute approximate surface area is 225 Å². The average Bonchev–Trinajstić information content (AvgIpc) is 3.40. The maximum atomic E-state index is 13.8. The average molecular weight is 517 g/mol. The van der Waals surface area contributed by atoms with Crippen LogP contribution < -0.4 is 16.0 Å². The number of likely N-dealkylation sites (N-methyl/N-ethyl adjacent to an activating group) is 1. The van der Waals surface area contributed by atoms with Gasteiger partial charge in [0.05, 0.1) is 11.4 Å². The normalized spacial score (nSPS) is 19.5. The highest BCUT2D eigenvalue weighted by molar-refractivity contribution is 6.20. The number of nitrogens with zero attached hydrogens (tertiary/aromatic N) is 2. The van der Waals surface area contributed by atoms with Crippen LogP contribution in [0.1, 0.15) is 69.9 Å². The van der Waals surface area contributed by atoms with Crippen LogP contribution in [0, 0.1) is 23.7 Å². The van der Waals surface area contributed by atoms with Crippen molar-refractivity contribution in [2.75, 3.05) is 11.9 Å². The van der Waals surface area contributed by atoms with Crippen molar-refractivity contribution < 1.29 is 14.4 Å². The van der Waals surface area contributed by atoms with Gasteiger partial charge in [0.2, 0.25) is 18.0 Å². The molecule has 0 aromatic heterocycles. The summed E-state index contributed by atoms with van der Waals surface area (Å²) >= 11 is 0. The molecule has 2 aromatic rings. The molecule has 0 spiro atoms. The van der Waals surface area contributed by atoms with E-state index in [4.69, 9.17) is 10.7 Å². The van der Waals surface area contributed by atoms with Crippen LogP contribution in [0.5, 0.6) is 0 Å². The van der Waals surface area contributed by atoms with E-state index in [-0.39, 0.29) is 17.7 Å². The molecule has 1 heterocycles. The third-order valence-electron chi connectivity index (χ3n) is 7.94. The molecule has 2 aliphatic rings. The summed E-state index contributed by atoms with van der Waals surface area (Å²) in [4.78, 5) is 46.4. The van der Waals surface area contributed by atoms with E-state index in [0.717, 1.165) is 23.2 Å². The Morgan fingerprint density at radius 2 is 1.68 bits per heavy atom. The van der Waals surface area contributed by atoms with Crippen molar-refractivity contribution in [2.45, 2.75) is 65.0 Å². The molecule has 0 bridgehead atoms. The van der Waals surface area contributed by atoms with Crippen molar-refractivity contribution in [3.05, 3.63) is 65.7 Å². The molecule has 0 unspecified atom stereocenters. The number of nitrogens with two attached hydrogens (primary N) is 1. The third kappa shape index (κ3) is 6.32. The molecule has 7 heteroatoms. The molecule has 2 aromatic carbocycles. The van der Waals surface area contributed by atoms with E-state index in [0.29, 0.717) is 24.5 Å². The first-order chi connectivity index (χ1) is 18.3. The number of anilines is 1. The van der Waals surface area contributed by atoms with Crippen LogP contribution in [-0.2, 0) is 14.4 Å². The molecule has 1 fully saturated rings. The van der Waals surface area contributed by atoms with Crippen LogP contribution in [0.2, 0.25) is 0 Å². The number of para-hydroxylation sites is 1. The van der Waals surface area contributed by atoms with Gasteiger partial charge in [-0.25, -0.2) is 4.99 Å². The van der Waals surface area contributed by atoms with Crippen molar-refractivity contribution >= 4 is 29.1 Å². The van der Waals surface area contributed by atoms with Crippen molar-refractivity contribution in [3.63, 3.8) is 0 Å².